The van der Waals surface area contributed by atoms with Crippen LogP contribution in [0.2, 0.25) is 0 Å². The number of pyridine rings is 2. The van der Waals surface area contributed by atoms with E-state index in [2.05, 4.69) is 98.1 Å². The van der Waals surface area contributed by atoms with E-state index in [0.717, 1.165) is 60.7 Å². The molecule has 0 aliphatic rings. The fourth-order valence-corrected chi connectivity index (χ4v) is 7.83. The molecule has 5 nitrogen and oxygen atoms in total. The minimum Gasteiger partial charge on any atom is -0.457 e. The van der Waals surface area contributed by atoms with Crippen molar-refractivity contribution in [1.29, 1.82) is 0 Å². The maximum absolute atomic E-state index is 8.36. The van der Waals surface area contributed by atoms with Gasteiger partial charge in [-0.15, -0.1) is 0 Å². The number of aryl methyl sites for hydroxylation is 1. The zero-order chi connectivity index (χ0) is 40.5. The molecule has 0 N–H and O–H groups in total. The van der Waals surface area contributed by atoms with Crippen LogP contribution in [0.4, 0.5) is 0 Å². The van der Waals surface area contributed by atoms with E-state index in [-0.39, 0.29) is 11.0 Å². The molecule has 0 saturated carbocycles. The van der Waals surface area contributed by atoms with Crippen LogP contribution in [0.15, 0.2) is 168 Å². The lowest BCUT2D eigenvalue weighted by atomic mass is 9.88. The Balaban J connectivity index is 1.18. The van der Waals surface area contributed by atoms with E-state index in [1.807, 2.05) is 85.1 Å². The smallest absolute Gasteiger partial charge is 0.145 e. The zero-order valence-corrected chi connectivity index (χ0v) is 31.2. The standard InChI is InChI=1S/C51H39N3O2/c1-32-31-53-45(30-42(32)34-16-9-6-10-17-34)44-28-37(27-43-41-20-13-19-38(49(41)56-50(43)44)33-14-7-5-8-15-33)55-36-22-23-40-39-18-11-12-21-46(39)54(47(40)29-36)48-26-35(24-25-52-48)51(2,3)4/h5-31H,1-4H3/i1D3. The monoisotopic (exact) mass is 728 g/mol. The second kappa shape index (κ2) is 13.1. The number of para-hydroxylation sites is 2. The van der Waals surface area contributed by atoms with E-state index in [9.17, 15) is 0 Å². The number of rotatable bonds is 6. The van der Waals surface area contributed by atoms with E-state index in [1.165, 1.54) is 11.8 Å². The molecule has 0 amide bonds. The molecule has 4 heterocycles. The summed E-state index contributed by atoms with van der Waals surface area (Å²) in [5.41, 5.74) is 9.33. The number of nitrogens with zero attached hydrogens (tertiary/aromatic N) is 3. The average molecular weight is 729 g/mol. The van der Waals surface area contributed by atoms with Gasteiger partial charge >= 0.3 is 0 Å². The van der Waals surface area contributed by atoms with Crippen LogP contribution in [-0.4, -0.2) is 14.5 Å². The fraction of sp³-hybridized carbons (Fsp3) is 0.0980. The molecule has 0 saturated heterocycles. The van der Waals surface area contributed by atoms with Gasteiger partial charge in [0, 0.05) is 55.2 Å². The fourth-order valence-electron chi connectivity index (χ4n) is 7.83. The number of furan rings is 1. The number of hydrogen-bond donors (Lipinski definition) is 0. The van der Waals surface area contributed by atoms with Gasteiger partial charge in [0.1, 0.15) is 28.5 Å². The normalized spacial score (nSPS) is 12.9. The third-order valence-electron chi connectivity index (χ3n) is 10.6. The van der Waals surface area contributed by atoms with Crippen molar-refractivity contribution in [1.82, 2.24) is 14.5 Å². The first kappa shape index (κ1) is 30.4. The summed E-state index contributed by atoms with van der Waals surface area (Å²) in [6, 6.07) is 50.5. The molecular weight excluding hydrogens is 687 g/mol. The summed E-state index contributed by atoms with van der Waals surface area (Å²) in [7, 11) is 0. The summed E-state index contributed by atoms with van der Waals surface area (Å²) >= 11 is 0. The molecule has 0 aliphatic carbocycles. The predicted molar refractivity (Wildman–Crippen MR) is 230 cm³/mol. The van der Waals surface area contributed by atoms with Gasteiger partial charge in [-0.25, -0.2) is 4.98 Å². The highest BCUT2D eigenvalue weighted by atomic mass is 16.5. The Labute approximate surface area is 329 Å². The molecule has 5 heteroatoms. The summed E-state index contributed by atoms with van der Waals surface area (Å²) in [4.78, 5) is 9.66. The predicted octanol–water partition coefficient (Wildman–Crippen LogP) is 13.9. The van der Waals surface area contributed by atoms with Gasteiger partial charge in [-0.2, -0.15) is 0 Å². The van der Waals surface area contributed by atoms with Crippen LogP contribution in [0.25, 0.3) is 83.1 Å². The number of fused-ring (bicyclic) bond motifs is 6. The zero-order valence-electron chi connectivity index (χ0n) is 34.2. The molecule has 0 aliphatic heterocycles. The lowest BCUT2D eigenvalue weighted by Gasteiger charge is -2.20. The summed E-state index contributed by atoms with van der Waals surface area (Å²) in [6.07, 6.45) is 3.35. The molecular formula is C51H39N3O2. The van der Waals surface area contributed by atoms with Gasteiger partial charge in [0.05, 0.1) is 16.7 Å². The molecule has 56 heavy (non-hydrogen) atoms. The average Bonchev–Trinajstić information content (AvgIpc) is 3.79. The number of hydrogen-bond acceptors (Lipinski definition) is 4. The molecule has 0 spiro atoms. The lowest BCUT2D eigenvalue weighted by molar-refractivity contribution is 0.484. The van der Waals surface area contributed by atoms with Crippen molar-refractivity contribution in [3.8, 4) is 50.8 Å². The van der Waals surface area contributed by atoms with Crippen molar-refractivity contribution in [3.05, 3.63) is 175 Å². The van der Waals surface area contributed by atoms with Crippen LogP contribution < -0.4 is 4.74 Å². The van der Waals surface area contributed by atoms with Crippen molar-refractivity contribution < 1.29 is 13.3 Å². The van der Waals surface area contributed by atoms with Crippen LogP contribution in [0.5, 0.6) is 11.5 Å². The minimum absolute atomic E-state index is 0.0516. The van der Waals surface area contributed by atoms with E-state index < -0.39 is 6.85 Å². The van der Waals surface area contributed by atoms with Gasteiger partial charge in [-0.1, -0.05) is 118 Å². The molecule has 10 aromatic rings. The lowest BCUT2D eigenvalue weighted by Crippen LogP contribution is -2.12. The Bertz CT molecular complexity index is 3210. The third kappa shape index (κ3) is 5.71. The number of benzene rings is 6. The van der Waals surface area contributed by atoms with Crippen molar-refractivity contribution in [3.63, 3.8) is 0 Å². The Morgan fingerprint density at radius 1 is 0.571 bits per heavy atom. The summed E-state index contributed by atoms with van der Waals surface area (Å²) < 4.78 is 41.0. The maximum Gasteiger partial charge on any atom is 0.145 e. The second-order valence-electron chi connectivity index (χ2n) is 15.3. The largest absolute Gasteiger partial charge is 0.457 e. The van der Waals surface area contributed by atoms with Gasteiger partial charge in [-0.05, 0) is 88.6 Å². The van der Waals surface area contributed by atoms with Crippen LogP contribution in [0, 0.1) is 6.85 Å². The summed E-state index contributed by atoms with van der Waals surface area (Å²) in [5.74, 6) is 2.06. The molecule has 0 fully saturated rings. The minimum atomic E-state index is -2.37. The molecule has 6 aromatic carbocycles. The Hall–Kier alpha value is -6.98. The van der Waals surface area contributed by atoms with E-state index >= 15 is 0 Å². The molecule has 10 rings (SSSR count). The van der Waals surface area contributed by atoms with Gasteiger partial charge in [-0.3, -0.25) is 9.55 Å². The van der Waals surface area contributed by atoms with E-state index in [0.29, 0.717) is 33.9 Å². The number of ether oxygens (including phenoxy) is 1. The van der Waals surface area contributed by atoms with E-state index in [1.54, 1.807) is 0 Å². The summed E-state index contributed by atoms with van der Waals surface area (Å²) in [5, 5.41) is 4.00. The van der Waals surface area contributed by atoms with Crippen LogP contribution in [0.1, 0.15) is 36.0 Å². The summed E-state index contributed by atoms with van der Waals surface area (Å²) in [6.45, 7) is 4.26. The van der Waals surface area contributed by atoms with Crippen molar-refractivity contribution >= 4 is 43.7 Å². The highest BCUT2D eigenvalue weighted by molar-refractivity contribution is 6.14. The molecule has 0 unspecified atom stereocenters. The third-order valence-corrected chi connectivity index (χ3v) is 10.6. The van der Waals surface area contributed by atoms with E-state index in [4.69, 9.17) is 23.2 Å². The number of aromatic nitrogens is 3. The van der Waals surface area contributed by atoms with Gasteiger partial charge in [0.25, 0.3) is 0 Å². The first-order chi connectivity index (χ1) is 28.5. The van der Waals surface area contributed by atoms with Crippen molar-refractivity contribution in [2.45, 2.75) is 33.0 Å². The first-order valence-electron chi connectivity index (χ1n) is 20.3. The SMILES string of the molecule is [2H]C([2H])([2H])c1cnc(-c2cc(Oc3ccc4c5ccccc5n(-c5cc(C(C)(C)C)ccn5)c4c3)cc3c2oc2c(-c4ccccc4)cccc23)cc1-c1ccccc1. The topological polar surface area (TPSA) is 53.1 Å². The highest BCUT2D eigenvalue weighted by Gasteiger charge is 2.21. The quantitative estimate of drug-likeness (QED) is 0.171. The first-order valence-corrected chi connectivity index (χ1v) is 18.8. The maximum atomic E-state index is 8.36. The molecule has 0 radical (unpaired) electrons. The Kier molecular flexibility index (Phi) is 7.10. The van der Waals surface area contributed by atoms with Gasteiger partial charge < -0.3 is 9.15 Å². The Morgan fingerprint density at radius 2 is 1.29 bits per heavy atom. The molecule has 270 valence electrons. The van der Waals surface area contributed by atoms with Crippen molar-refractivity contribution in [2.75, 3.05) is 0 Å². The second-order valence-corrected chi connectivity index (χ2v) is 15.3. The molecule has 4 aromatic heterocycles. The Morgan fingerprint density at radius 3 is 2.07 bits per heavy atom. The van der Waals surface area contributed by atoms with Crippen LogP contribution in [-0.2, 0) is 5.41 Å². The van der Waals surface area contributed by atoms with Crippen LogP contribution in [0.3, 0.4) is 0 Å². The van der Waals surface area contributed by atoms with Crippen LogP contribution >= 0.6 is 0 Å². The highest BCUT2D eigenvalue weighted by Crippen LogP contribution is 2.44. The van der Waals surface area contributed by atoms with Crippen molar-refractivity contribution in [2.24, 2.45) is 0 Å². The van der Waals surface area contributed by atoms with Gasteiger partial charge in [0.15, 0.2) is 0 Å². The van der Waals surface area contributed by atoms with Gasteiger partial charge in [0.2, 0.25) is 0 Å². The molecule has 0 bridgehead atoms. The molecule has 0 atom stereocenters.